The zero-order valence-electron chi connectivity index (χ0n) is 20.1. The topological polar surface area (TPSA) is 143 Å². The second-order valence-corrected chi connectivity index (χ2v) is 8.19. The van der Waals surface area contributed by atoms with Crippen molar-refractivity contribution in [3.8, 4) is 22.9 Å². The average Bonchev–Trinajstić information content (AvgIpc) is 3.58. The fraction of sp³-hybridized carbons (Fsp3) is 0.292. The number of pyridine rings is 1. The number of nitrogens with one attached hydrogen (secondary N) is 1. The van der Waals surface area contributed by atoms with Crippen molar-refractivity contribution in [2.45, 2.75) is 18.9 Å². The third kappa shape index (κ3) is 4.17. The molecule has 4 aromatic rings. The number of imidazole rings is 1. The van der Waals surface area contributed by atoms with Crippen molar-refractivity contribution in [3.63, 3.8) is 0 Å². The van der Waals surface area contributed by atoms with Crippen LogP contribution >= 0.6 is 0 Å². The third-order valence-electron chi connectivity index (χ3n) is 6.10. The van der Waals surface area contributed by atoms with Crippen LogP contribution < -0.4 is 30.2 Å². The number of hydrogen-bond donors (Lipinski definition) is 2. The molecular weight excluding hydrogens is 464 g/mol. The molecule has 12 heteroatoms. The molecule has 3 N–H and O–H groups in total. The molecule has 1 aromatic carbocycles. The summed E-state index contributed by atoms with van der Waals surface area (Å²) in [7, 11) is 4.69. The van der Waals surface area contributed by atoms with Crippen LogP contribution in [0, 0.1) is 0 Å². The van der Waals surface area contributed by atoms with Crippen molar-refractivity contribution in [1.82, 2.24) is 24.5 Å². The van der Waals surface area contributed by atoms with Gasteiger partial charge in [0.05, 0.1) is 44.9 Å². The van der Waals surface area contributed by atoms with Gasteiger partial charge >= 0.3 is 0 Å². The minimum absolute atomic E-state index is 0.388. The molecule has 36 heavy (non-hydrogen) atoms. The van der Waals surface area contributed by atoms with Crippen molar-refractivity contribution in [1.29, 1.82) is 0 Å². The van der Waals surface area contributed by atoms with Gasteiger partial charge in [-0.25, -0.2) is 9.97 Å². The maximum Gasteiger partial charge on any atom is 0.240 e. The number of aromatic nitrogens is 5. The SMILES string of the molecule is COc1cc(-n2cnc(Nc3nc(N4CCC[C@H]4C(N)=O)nc4cnccc34)c2)cc(OC)c1OC. The van der Waals surface area contributed by atoms with Gasteiger partial charge in [-0.3, -0.25) is 9.78 Å². The molecule has 186 valence electrons. The Bertz CT molecular complexity index is 1400. The smallest absolute Gasteiger partial charge is 0.240 e. The van der Waals surface area contributed by atoms with Crippen LogP contribution in [0.1, 0.15) is 12.8 Å². The number of carbonyl (C=O) groups is 1. The highest BCUT2D eigenvalue weighted by atomic mass is 16.5. The van der Waals surface area contributed by atoms with Gasteiger partial charge in [0.2, 0.25) is 17.6 Å². The zero-order chi connectivity index (χ0) is 25.2. The fourth-order valence-electron chi connectivity index (χ4n) is 4.36. The molecule has 4 heterocycles. The van der Waals surface area contributed by atoms with Crippen LogP contribution in [0.5, 0.6) is 17.2 Å². The van der Waals surface area contributed by atoms with Crippen LogP contribution in [0.2, 0.25) is 0 Å². The predicted octanol–water partition coefficient (Wildman–Crippen LogP) is 2.43. The predicted molar refractivity (Wildman–Crippen MR) is 133 cm³/mol. The summed E-state index contributed by atoms with van der Waals surface area (Å²) in [5.41, 5.74) is 7.02. The summed E-state index contributed by atoms with van der Waals surface area (Å²) in [4.78, 5) is 31.9. The molecule has 0 spiro atoms. The number of nitrogens with two attached hydrogens (primary N) is 1. The molecular formula is C24H26N8O4. The molecule has 1 aliphatic rings. The quantitative estimate of drug-likeness (QED) is 0.378. The van der Waals surface area contributed by atoms with E-state index in [9.17, 15) is 4.79 Å². The van der Waals surface area contributed by atoms with E-state index < -0.39 is 6.04 Å². The maximum atomic E-state index is 12.0. The molecule has 0 unspecified atom stereocenters. The van der Waals surface area contributed by atoms with Crippen LogP contribution in [-0.2, 0) is 4.79 Å². The number of rotatable bonds is 8. The summed E-state index contributed by atoms with van der Waals surface area (Å²) >= 11 is 0. The van der Waals surface area contributed by atoms with Crippen LogP contribution in [0.25, 0.3) is 16.6 Å². The Hall–Kier alpha value is -4.61. The molecule has 1 aliphatic heterocycles. The van der Waals surface area contributed by atoms with Crippen molar-refractivity contribution in [2.24, 2.45) is 5.73 Å². The molecule has 1 atom stereocenters. The van der Waals surface area contributed by atoms with E-state index in [2.05, 4.69) is 20.3 Å². The van der Waals surface area contributed by atoms with Gasteiger partial charge in [-0.15, -0.1) is 0 Å². The van der Waals surface area contributed by atoms with Gasteiger partial charge < -0.3 is 34.7 Å². The normalized spacial score (nSPS) is 15.2. The van der Waals surface area contributed by atoms with E-state index in [1.54, 1.807) is 40.1 Å². The van der Waals surface area contributed by atoms with E-state index in [0.29, 0.717) is 53.3 Å². The average molecular weight is 491 g/mol. The minimum atomic E-state index is -0.439. The molecule has 0 bridgehead atoms. The number of carbonyl (C=O) groups excluding carboxylic acids is 1. The van der Waals surface area contributed by atoms with Crippen LogP contribution in [0.3, 0.4) is 0 Å². The van der Waals surface area contributed by atoms with E-state index in [1.807, 2.05) is 33.9 Å². The molecule has 1 saturated heterocycles. The Balaban J connectivity index is 1.50. The van der Waals surface area contributed by atoms with E-state index in [1.165, 1.54) is 0 Å². The fourth-order valence-corrected chi connectivity index (χ4v) is 4.36. The maximum absolute atomic E-state index is 12.0. The van der Waals surface area contributed by atoms with Crippen molar-refractivity contribution < 1.29 is 19.0 Å². The number of ether oxygens (including phenoxy) is 3. The standard InChI is InChI=1S/C24H26N8O4/c1-34-18-9-14(10-19(35-2)21(18)36-3)31-12-20(27-13-31)29-23-15-6-7-26-11-16(15)28-24(30-23)32-8-4-5-17(32)22(25)33/h6-7,9-13,17H,4-5,8H2,1-3H3,(H2,25,33)(H,28,29,30)/t17-/m0/s1. The number of primary amides is 1. The molecule has 0 aliphatic carbocycles. The Kier molecular flexibility index (Phi) is 6.15. The van der Waals surface area contributed by atoms with Crippen LogP contribution in [0.15, 0.2) is 43.1 Å². The first-order valence-corrected chi connectivity index (χ1v) is 11.3. The number of benzene rings is 1. The zero-order valence-corrected chi connectivity index (χ0v) is 20.1. The van der Waals surface area contributed by atoms with E-state index in [-0.39, 0.29) is 5.91 Å². The monoisotopic (exact) mass is 490 g/mol. The van der Waals surface area contributed by atoms with Crippen molar-refractivity contribution in [3.05, 3.63) is 43.1 Å². The number of amides is 1. The lowest BCUT2D eigenvalue weighted by Crippen LogP contribution is -2.41. The number of anilines is 3. The summed E-state index contributed by atoms with van der Waals surface area (Å²) in [6.07, 6.45) is 8.33. The second-order valence-electron chi connectivity index (χ2n) is 8.19. The van der Waals surface area contributed by atoms with Gasteiger partial charge in [0, 0.05) is 30.3 Å². The minimum Gasteiger partial charge on any atom is -0.493 e. The molecule has 5 rings (SSSR count). The third-order valence-corrected chi connectivity index (χ3v) is 6.10. The summed E-state index contributed by atoms with van der Waals surface area (Å²) in [5, 5.41) is 4.05. The molecule has 12 nitrogen and oxygen atoms in total. The van der Waals surface area contributed by atoms with Gasteiger partial charge in [-0.05, 0) is 18.9 Å². The molecule has 0 radical (unpaired) electrons. The Labute approximate surface area is 207 Å². The lowest BCUT2D eigenvalue weighted by atomic mass is 10.2. The van der Waals surface area contributed by atoms with Crippen LogP contribution in [0.4, 0.5) is 17.6 Å². The molecule has 1 fully saturated rings. The van der Waals surface area contributed by atoms with Crippen molar-refractivity contribution >= 4 is 34.4 Å². The van der Waals surface area contributed by atoms with E-state index in [0.717, 1.165) is 17.5 Å². The van der Waals surface area contributed by atoms with Gasteiger partial charge in [-0.2, -0.15) is 4.98 Å². The summed E-state index contributed by atoms with van der Waals surface area (Å²) in [6, 6.07) is 5.04. The molecule has 1 amide bonds. The highest BCUT2D eigenvalue weighted by Crippen LogP contribution is 2.39. The molecule has 0 saturated carbocycles. The van der Waals surface area contributed by atoms with Gasteiger partial charge in [0.1, 0.15) is 24.0 Å². The van der Waals surface area contributed by atoms with Gasteiger partial charge in [-0.1, -0.05) is 0 Å². The summed E-state index contributed by atoms with van der Waals surface area (Å²) < 4.78 is 18.2. The Morgan fingerprint density at radius 1 is 1.14 bits per heavy atom. The highest BCUT2D eigenvalue weighted by Gasteiger charge is 2.31. The van der Waals surface area contributed by atoms with Gasteiger partial charge in [0.15, 0.2) is 11.5 Å². The Morgan fingerprint density at radius 2 is 1.92 bits per heavy atom. The van der Waals surface area contributed by atoms with Crippen molar-refractivity contribution in [2.75, 3.05) is 38.1 Å². The largest absolute Gasteiger partial charge is 0.493 e. The lowest BCUT2D eigenvalue weighted by Gasteiger charge is -2.23. The van der Waals surface area contributed by atoms with Gasteiger partial charge in [0.25, 0.3) is 0 Å². The second kappa shape index (κ2) is 9.56. The summed E-state index contributed by atoms with van der Waals surface area (Å²) in [6.45, 7) is 0.647. The number of methoxy groups -OCH3 is 3. The number of fused-ring (bicyclic) bond motifs is 1. The first kappa shape index (κ1) is 23.1. The van der Waals surface area contributed by atoms with E-state index in [4.69, 9.17) is 24.9 Å². The highest BCUT2D eigenvalue weighted by molar-refractivity contribution is 5.91. The number of hydrogen-bond acceptors (Lipinski definition) is 10. The van der Waals surface area contributed by atoms with Crippen LogP contribution in [-0.4, -0.2) is 64.3 Å². The van der Waals surface area contributed by atoms with E-state index >= 15 is 0 Å². The first-order valence-electron chi connectivity index (χ1n) is 11.3. The Morgan fingerprint density at radius 3 is 2.61 bits per heavy atom. The summed E-state index contributed by atoms with van der Waals surface area (Å²) in [5.74, 6) is 2.70. The first-order chi connectivity index (χ1) is 17.5. The molecule has 3 aromatic heterocycles. The number of nitrogens with zero attached hydrogens (tertiary/aromatic N) is 6. The lowest BCUT2D eigenvalue weighted by molar-refractivity contribution is -0.119.